The van der Waals surface area contributed by atoms with Crippen molar-refractivity contribution in [3.8, 4) is 39.1 Å². The lowest BCUT2D eigenvalue weighted by molar-refractivity contribution is 0.669. The van der Waals surface area contributed by atoms with Crippen LogP contribution in [0, 0.1) is 0 Å². The number of hydrogen-bond donors (Lipinski definition) is 0. The van der Waals surface area contributed by atoms with Crippen molar-refractivity contribution >= 4 is 60.8 Å². The van der Waals surface area contributed by atoms with Gasteiger partial charge < -0.3 is 13.9 Å². The Morgan fingerprint density at radius 3 is 1.56 bits per heavy atom. The molecule has 11 rings (SSSR count). The van der Waals surface area contributed by atoms with Crippen LogP contribution >= 0.6 is 0 Å². The molecule has 0 spiro atoms. The Morgan fingerprint density at radius 1 is 0.298 bits per heavy atom. The van der Waals surface area contributed by atoms with Crippen LogP contribution in [0.5, 0.6) is 0 Å². The average molecular weight is 729 g/mol. The molecule has 0 saturated heterocycles. The summed E-state index contributed by atoms with van der Waals surface area (Å²) in [5.41, 5.74) is 15.6. The number of benzene rings is 9. The van der Waals surface area contributed by atoms with Crippen molar-refractivity contribution in [2.75, 3.05) is 4.90 Å². The monoisotopic (exact) mass is 728 g/mol. The van der Waals surface area contributed by atoms with Crippen molar-refractivity contribution in [2.45, 2.75) is 0 Å². The summed E-state index contributed by atoms with van der Waals surface area (Å²) in [6.45, 7) is 0. The summed E-state index contributed by atoms with van der Waals surface area (Å²) in [4.78, 5) is 2.31. The van der Waals surface area contributed by atoms with E-state index in [0.29, 0.717) is 0 Å². The van der Waals surface area contributed by atoms with E-state index in [1.54, 1.807) is 0 Å². The number of furan rings is 1. The van der Waals surface area contributed by atoms with Crippen LogP contribution in [-0.2, 0) is 0 Å². The van der Waals surface area contributed by atoms with Crippen molar-refractivity contribution in [2.24, 2.45) is 0 Å². The molecule has 0 bridgehead atoms. The molecule has 0 radical (unpaired) electrons. The lowest BCUT2D eigenvalue weighted by Crippen LogP contribution is -2.09. The first-order chi connectivity index (χ1) is 28.2. The van der Waals surface area contributed by atoms with Crippen LogP contribution in [0.25, 0.3) is 82.8 Å². The Bertz CT molecular complexity index is 3210. The largest absolute Gasteiger partial charge is 0.456 e. The summed E-state index contributed by atoms with van der Waals surface area (Å²) >= 11 is 0. The minimum absolute atomic E-state index is 0.871. The summed E-state index contributed by atoms with van der Waals surface area (Å²) in [5, 5.41) is 4.75. The minimum Gasteiger partial charge on any atom is -0.456 e. The summed E-state index contributed by atoms with van der Waals surface area (Å²) in [6.07, 6.45) is 0. The molecule has 0 aliphatic carbocycles. The van der Waals surface area contributed by atoms with E-state index in [9.17, 15) is 0 Å². The zero-order valence-corrected chi connectivity index (χ0v) is 31.1. The van der Waals surface area contributed by atoms with Gasteiger partial charge in [0.1, 0.15) is 11.2 Å². The van der Waals surface area contributed by atoms with Gasteiger partial charge in [-0.25, -0.2) is 0 Å². The number of hydrogen-bond acceptors (Lipinski definition) is 2. The van der Waals surface area contributed by atoms with E-state index >= 15 is 0 Å². The van der Waals surface area contributed by atoms with Crippen LogP contribution in [-0.4, -0.2) is 4.57 Å². The Labute approximate surface area is 330 Å². The quantitative estimate of drug-likeness (QED) is 0.163. The lowest BCUT2D eigenvalue weighted by Gasteiger charge is -2.26. The van der Waals surface area contributed by atoms with Gasteiger partial charge in [-0.3, -0.25) is 0 Å². The van der Waals surface area contributed by atoms with Crippen LogP contribution < -0.4 is 4.90 Å². The van der Waals surface area contributed by atoms with Gasteiger partial charge in [-0.05, 0) is 112 Å². The molecule has 268 valence electrons. The fourth-order valence-corrected chi connectivity index (χ4v) is 8.42. The number of fused-ring (bicyclic) bond motifs is 6. The van der Waals surface area contributed by atoms with Crippen LogP contribution in [0.2, 0.25) is 0 Å². The summed E-state index contributed by atoms with van der Waals surface area (Å²) in [6, 6.07) is 78.1. The predicted octanol–water partition coefficient (Wildman–Crippen LogP) is 15.2. The molecular formula is C54H36N2O. The fourth-order valence-electron chi connectivity index (χ4n) is 8.42. The fraction of sp³-hybridized carbons (Fsp3) is 0. The number of anilines is 3. The van der Waals surface area contributed by atoms with Gasteiger partial charge in [0.25, 0.3) is 0 Å². The zero-order chi connectivity index (χ0) is 37.7. The predicted molar refractivity (Wildman–Crippen MR) is 239 cm³/mol. The molecule has 0 saturated carbocycles. The molecule has 11 aromatic rings. The van der Waals surface area contributed by atoms with Gasteiger partial charge >= 0.3 is 0 Å². The topological polar surface area (TPSA) is 21.3 Å². The highest BCUT2D eigenvalue weighted by Gasteiger charge is 2.17. The first-order valence-corrected chi connectivity index (χ1v) is 19.4. The van der Waals surface area contributed by atoms with Crippen LogP contribution in [0.3, 0.4) is 0 Å². The molecule has 3 nitrogen and oxygen atoms in total. The van der Waals surface area contributed by atoms with Crippen LogP contribution in [0.1, 0.15) is 0 Å². The van der Waals surface area contributed by atoms with E-state index < -0.39 is 0 Å². The minimum atomic E-state index is 0.871. The SMILES string of the molecule is c1ccc(-c2ccc(N(c3ccc(-c4cccc(-c5ccc6c(c5)c5ccccc5n6-c5ccccc5)c4)cc3)c3ccc4c(c3)oc3ccccc34)cc2)cc1. The van der Waals surface area contributed by atoms with Gasteiger partial charge in [0.05, 0.1) is 11.0 Å². The van der Waals surface area contributed by atoms with Gasteiger partial charge in [-0.2, -0.15) is 0 Å². The second-order valence-electron chi connectivity index (χ2n) is 14.6. The molecule has 57 heavy (non-hydrogen) atoms. The van der Waals surface area contributed by atoms with E-state index in [0.717, 1.165) is 44.6 Å². The van der Waals surface area contributed by atoms with Gasteiger partial charge in [-0.1, -0.05) is 133 Å². The maximum absolute atomic E-state index is 6.35. The van der Waals surface area contributed by atoms with Crippen molar-refractivity contribution in [3.63, 3.8) is 0 Å². The molecule has 0 aliphatic rings. The van der Waals surface area contributed by atoms with Crippen molar-refractivity contribution in [1.29, 1.82) is 0 Å². The lowest BCUT2D eigenvalue weighted by atomic mass is 9.97. The normalized spacial score (nSPS) is 11.5. The third kappa shape index (κ3) is 5.76. The van der Waals surface area contributed by atoms with E-state index in [2.05, 4.69) is 216 Å². The molecular weight excluding hydrogens is 693 g/mol. The molecule has 3 heteroatoms. The number of nitrogens with zero attached hydrogens (tertiary/aromatic N) is 2. The molecule has 9 aromatic carbocycles. The second kappa shape index (κ2) is 13.6. The number of aromatic nitrogens is 1. The number of rotatable bonds is 7. The summed E-state index contributed by atoms with van der Waals surface area (Å²) < 4.78 is 8.72. The van der Waals surface area contributed by atoms with Gasteiger partial charge in [-0.15, -0.1) is 0 Å². The third-order valence-electron chi connectivity index (χ3n) is 11.2. The molecule has 0 fully saturated rings. The summed E-state index contributed by atoms with van der Waals surface area (Å²) in [5.74, 6) is 0. The standard InChI is InChI=1S/C54H36N2O/c1-3-12-37(13-4-1)38-22-27-44(28-23-38)55(46-31-32-49-48-19-8-10-21-53(48)57-54(49)36-46)45-29-24-39(25-30-45)40-14-11-15-41(34-40)42-26-33-52-50(35-42)47-18-7-9-20-51(47)56(52)43-16-5-2-6-17-43/h1-36H. The van der Waals surface area contributed by atoms with Crippen molar-refractivity contribution in [1.82, 2.24) is 4.57 Å². The molecule has 2 heterocycles. The molecule has 0 unspecified atom stereocenters. The number of para-hydroxylation sites is 3. The molecule has 0 atom stereocenters. The molecule has 0 N–H and O–H groups in total. The van der Waals surface area contributed by atoms with Crippen molar-refractivity contribution < 1.29 is 4.42 Å². The molecule has 0 amide bonds. The molecule has 0 aliphatic heterocycles. The Morgan fingerprint density at radius 2 is 0.807 bits per heavy atom. The maximum atomic E-state index is 6.35. The van der Waals surface area contributed by atoms with Crippen LogP contribution in [0.15, 0.2) is 223 Å². The highest BCUT2D eigenvalue weighted by Crippen LogP contribution is 2.41. The highest BCUT2D eigenvalue weighted by atomic mass is 16.3. The van der Waals surface area contributed by atoms with Gasteiger partial charge in [0, 0.05) is 50.4 Å². The first-order valence-electron chi connectivity index (χ1n) is 19.4. The molecule has 2 aromatic heterocycles. The van der Waals surface area contributed by atoms with Gasteiger partial charge in [0.15, 0.2) is 0 Å². The summed E-state index contributed by atoms with van der Waals surface area (Å²) in [7, 11) is 0. The first kappa shape index (κ1) is 32.8. The maximum Gasteiger partial charge on any atom is 0.137 e. The Balaban J connectivity index is 0.963. The Hall–Kier alpha value is -7.62. The van der Waals surface area contributed by atoms with E-state index in [1.807, 2.05) is 12.1 Å². The Kier molecular flexibility index (Phi) is 7.82. The average Bonchev–Trinajstić information content (AvgIpc) is 3.83. The van der Waals surface area contributed by atoms with E-state index in [1.165, 1.54) is 55.3 Å². The van der Waals surface area contributed by atoms with Gasteiger partial charge in [0.2, 0.25) is 0 Å². The zero-order valence-electron chi connectivity index (χ0n) is 31.1. The third-order valence-corrected chi connectivity index (χ3v) is 11.2. The van der Waals surface area contributed by atoms with Crippen LogP contribution in [0.4, 0.5) is 17.1 Å². The van der Waals surface area contributed by atoms with E-state index in [-0.39, 0.29) is 0 Å². The second-order valence-corrected chi connectivity index (χ2v) is 14.6. The van der Waals surface area contributed by atoms with E-state index in [4.69, 9.17) is 4.42 Å². The van der Waals surface area contributed by atoms with Crippen molar-refractivity contribution in [3.05, 3.63) is 218 Å². The highest BCUT2D eigenvalue weighted by molar-refractivity contribution is 6.10. The smallest absolute Gasteiger partial charge is 0.137 e.